The summed E-state index contributed by atoms with van der Waals surface area (Å²) in [6, 6.07) is 10.6. The summed E-state index contributed by atoms with van der Waals surface area (Å²) in [7, 11) is 0. The van der Waals surface area contributed by atoms with Gasteiger partial charge in [-0.25, -0.2) is 4.39 Å². The lowest BCUT2D eigenvalue weighted by molar-refractivity contribution is 0.617. The summed E-state index contributed by atoms with van der Waals surface area (Å²) < 4.78 is 14.5. The van der Waals surface area contributed by atoms with Crippen molar-refractivity contribution in [1.29, 1.82) is 0 Å². The van der Waals surface area contributed by atoms with E-state index in [4.69, 9.17) is 17.3 Å². The highest BCUT2D eigenvalue weighted by molar-refractivity contribution is 14.1. The van der Waals surface area contributed by atoms with Crippen molar-refractivity contribution >= 4 is 34.2 Å². The van der Waals surface area contributed by atoms with E-state index in [0.717, 1.165) is 14.7 Å². The molecule has 0 radical (unpaired) electrons. The Morgan fingerprint density at radius 2 is 2.00 bits per heavy atom. The minimum atomic E-state index is -0.341. The Balaban J connectivity index is 2.46. The van der Waals surface area contributed by atoms with Crippen LogP contribution in [0.3, 0.4) is 0 Å². The summed E-state index contributed by atoms with van der Waals surface area (Å²) in [5, 5.41) is 0.365. The van der Waals surface area contributed by atoms with E-state index >= 15 is 0 Å². The Morgan fingerprint density at radius 3 is 2.67 bits per heavy atom. The summed E-state index contributed by atoms with van der Waals surface area (Å²) in [5.41, 5.74) is 8.46. The van der Waals surface area contributed by atoms with Gasteiger partial charge in [0.25, 0.3) is 0 Å². The average Bonchev–Trinajstić information content (AvgIpc) is 2.33. The first kappa shape index (κ1) is 13.8. The lowest BCUT2D eigenvalue weighted by Crippen LogP contribution is -2.13. The second-order valence-corrected chi connectivity index (χ2v) is 5.81. The van der Waals surface area contributed by atoms with Gasteiger partial charge in [0.15, 0.2) is 0 Å². The highest BCUT2D eigenvalue weighted by Crippen LogP contribution is 2.29. The van der Waals surface area contributed by atoms with Crippen molar-refractivity contribution in [2.24, 2.45) is 5.73 Å². The molecule has 2 aromatic carbocycles. The van der Waals surface area contributed by atoms with Crippen LogP contribution in [0, 0.1) is 16.3 Å². The van der Waals surface area contributed by atoms with Gasteiger partial charge in [-0.05, 0) is 70.5 Å². The van der Waals surface area contributed by atoms with Gasteiger partial charge in [-0.15, -0.1) is 0 Å². The van der Waals surface area contributed by atoms with Crippen molar-refractivity contribution in [3.05, 3.63) is 67.5 Å². The normalized spacial score (nSPS) is 12.5. The second-order valence-electron chi connectivity index (χ2n) is 4.16. The highest BCUT2D eigenvalue weighted by atomic mass is 127. The topological polar surface area (TPSA) is 26.0 Å². The predicted octanol–water partition coefficient (Wildman–Crippen LogP) is 4.44. The fourth-order valence-electron chi connectivity index (χ4n) is 1.80. The SMILES string of the molecule is Cc1cc(C(N)c2cccc(I)c2)c(Cl)cc1F. The molecular formula is C14H12ClFIN. The fraction of sp³-hybridized carbons (Fsp3) is 0.143. The molecule has 0 fully saturated rings. The quantitative estimate of drug-likeness (QED) is 0.772. The molecule has 0 saturated carbocycles. The molecule has 0 aliphatic rings. The van der Waals surface area contributed by atoms with Crippen LogP contribution in [0.2, 0.25) is 5.02 Å². The molecule has 1 unspecified atom stereocenters. The zero-order valence-electron chi connectivity index (χ0n) is 9.75. The minimum Gasteiger partial charge on any atom is -0.320 e. The highest BCUT2D eigenvalue weighted by Gasteiger charge is 2.14. The largest absolute Gasteiger partial charge is 0.320 e. The molecule has 2 N–H and O–H groups in total. The van der Waals surface area contributed by atoms with E-state index in [1.807, 2.05) is 24.3 Å². The van der Waals surface area contributed by atoms with Crippen molar-refractivity contribution in [3.63, 3.8) is 0 Å². The molecule has 0 spiro atoms. The van der Waals surface area contributed by atoms with E-state index in [9.17, 15) is 4.39 Å². The van der Waals surface area contributed by atoms with Crippen LogP contribution in [-0.2, 0) is 0 Å². The lowest BCUT2D eigenvalue weighted by Gasteiger charge is -2.15. The summed E-state index contributed by atoms with van der Waals surface area (Å²) in [6.45, 7) is 1.70. The van der Waals surface area contributed by atoms with Gasteiger partial charge in [0, 0.05) is 8.59 Å². The third-order valence-electron chi connectivity index (χ3n) is 2.82. The van der Waals surface area contributed by atoms with Gasteiger partial charge in [-0.3, -0.25) is 0 Å². The number of benzene rings is 2. The van der Waals surface area contributed by atoms with Gasteiger partial charge in [0.2, 0.25) is 0 Å². The van der Waals surface area contributed by atoms with Gasteiger partial charge in [0.05, 0.1) is 6.04 Å². The third-order valence-corrected chi connectivity index (χ3v) is 3.82. The summed E-state index contributed by atoms with van der Waals surface area (Å²) in [4.78, 5) is 0. The zero-order valence-corrected chi connectivity index (χ0v) is 12.7. The van der Waals surface area contributed by atoms with E-state index in [-0.39, 0.29) is 11.9 Å². The smallest absolute Gasteiger partial charge is 0.127 e. The summed E-state index contributed by atoms with van der Waals surface area (Å²) in [5.74, 6) is -0.307. The van der Waals surface area contributed by atoms with Crippen molar-refractivity contribution in [2.75, 3.05) is 0 Å². The number of aryl methyl sites for hydroxylation is 1. The van der Waals surface area contributed by atoms with Crippen molar-refractivity contribution < 1.29 is 4.39 Å². The standard InChI is InChI=1S/C14H12ClFIN/c1-8-5-11(12(15)7-13(8)16)14(18)9-3-2-4-10(17)6-9/h2-7,14H,18H2,1H3. The van der Waals surface area contributed by atoms with Gasteiger partial charge in [0.1, 0.15) is 5.82 Å². The summed E-state index contributed by atoms with van der Waals surface area (Å²) >= 11 is 8.29. The molecule has 2 aromatic rings. The van der Waals surface area contributed by atoms with Crippen LogP contribution in [0.1, 0.15) is 22.7 Å². The van der Waals surface area contributed by atoms with Crippen LogP contribution < -0.4 is 5.73 Å². The van der Waals surface area contributed by atoms with Crippen LogP contribution in [0.4, 0.5) is 4.39 Å². The van der Waals surface area contributed by atoms with E-state index in [2.05, 4.69) is 22.6 Å². The summed E-state index contributed by atoms with van der Waals surface area (Å²) in [6.07, 6.45) is 0. The van der Waals surface area contributed by atoms with Crippen LogP contribution in [-0.4, -0.2) is 0 Å². The molecule has 2 rings (SSSR count). The number of hydrogen-bond acceptors (Lipinski definition) is 1. The maximum Gasteiger partial charge on any atom is 0.127 e. The first-order valence-corrected chi connectivity index (χ1v) is 6.91. The van der Waals surface area contributed by atoms with E-state index in [1.54, 1.807) is 13.0 Å². The third kappa shape index (κ3) is 2.84. The van der Waals surface area contributed by atoms with Gasteiger partial charge < -0.3 is 5.73 Å². The second kappa shape index (κ2) is 5.55. The minimum absolute atomic E-state index is 0.307. The monoisotopic (exact) mass is 375 g/mol. The molecule has 0 aromatic heterocycles. The van der Waals surface area contributed by atoms with Crippen molar-refractivity contribution in [2.45, 2.75) is 13.0 Å². The number of rotatable bonds is 2. The number of nitrogens with two attached hydrogens (primary N) is 1. The molecule has 0 aliphatic heterocycles. The Morgan fingerprint density at radius 1 is 1.28 bits per heavy atom. The van der Waals surface area contributed by atoms with Crippen LogP contribution in [0.15, 0.2) is 36.4 Å². The average molecular weight is 376 g/mol. The first-order chi connectivity index (χ1) is 8.49. The maximum atomic E-state index is 13.4. The Bertz CT molecular complexity index is 586. The predicted molar refractivity (Wildman–Crippen MR) is 81.3 cm³/mol. The Hall–Kier alpha value is -0.650. The molecule has 0 aliphatic carbocycles. The fourth-order valence-corrected chi connectivity index (χ4v) is 2.63. The zero-order chi connectivity index (χ0) is 13.3. The molecule has 0 heterocycles. The Kier molecular flexibility index (Phi) is 4.25. The van der Waals surface area contributed by atoms with Crippen LogP contribution >= 0.6 is 34.2 Å². The molecular weight excluding hydrogens is 364 g/mol. The van der Waals surface area contributed by atoms with Crippen LogP contribution in [0.5, 0.6) is 0 Å². The lowest BCUT2D eigenvalue weighted by atomic mass is 9.98. The molecule has 18 heavy (non-hydrogen) atoms. The Labute approximate surface area is 124 Å². The molecule has 4 heteroatoms. The molecule has 0 saturated heterocycles. The molecule has 1 nitrogen and oxygen atoms in total. The van der Waals surface area contributed by atoms with Crippen molar-refractivity contribution in [3.8, 4) is 0 Å². The number of hydrogen-bond donors (Lipinski definition) is 1. The van der Waals surface area contributed by atoms with Crippen molar-refractivity contribution in [1.82, 2.24) is 0 Å². The maximum absolute atomic E-state index is 13.4. The van der Waals surface area contributed by atoms with E-state index < -0.39 is 0 Å². The van der Waals surface area contributed by atoms with Crippen LogP contribution in [0.25, 0.3) is 0 Å². The van der Waals surface area contributed by atoms with E-state index in [1.165, 1.54) is 6.07 Å². The number of halogens is 3. The first-order valence-electron chi connectivity index (χ1n) is 5.45. The molecule has 94 valence electrons. The van der Waals surface area contributed by atoms with Gasteiger partial charge in [-0.2, -0.15) is 0 Å². The molecule has 0 amide bonds. The molecule has 0 bridgehead atoms. The molecule has 1 atom stereocenters. The van der Waals surface area contributed by atoms with E-state index in [0.29, 0.717) is 10.6 Å². The van der Waals surface area contributed by atoms with Gasteiger partial charge >= 0.3 is 0 Å². The van der Waals surface area contributed by atoms with Gasteiger partial charge in [-0.1, -0.05) is 23.7 Å².